The summed E-state index contributed by atoms with van der Waals surface area (Å²) in [7, 11) is -1.82. The van der Waals surface area contributed by atoms with E-state index in [9.17, 15) is 0 Å². The van der Waals surface area contributed by atoms with Gasteiger partial charge in [-0.2, -0.15) is 0 Å². The molecule has 0 aliphatic heterocycles. The maximum atomic E-state index is 3.88. The molecule has 0 N–H and O–H groups in total. The van der Waals surface area contributed by atoms with Gasteiger partial charge < -0.3 is 0 Å². The second-order valence-electron chi connectivity index (χ2n) is 6.92. The fourth-order valence-corrected chi connectivity index (χ4v) is 8.05. The van der Waals surface area contributed by atoms with Crippen molar-refractivity contribution in [3.63, 3.8) is 0 Å². The van der Waals surface area contributed by atoms with Crippen LogP contribution in [0.3, 0.4) is 0 Å². The Labute approximate surface area is 180 Å². The lowest BCUT2D eigenvalue weighted by molar-refractivity contribution is 1.38. The number of rotatable bonds is 6. The first-order valence-electron chi connectivity index (χ1n) is 9.59. The van der Waals surface area contributed by atoms with Gasteiger partial charge in [-0.1, -0.05) is 91.5 Å². The lowest BCUT2D eigenvalue weighted by atomic mass is 10.1. The van der Waals surface area contributed by atoms with E-state index in [-0.39, 0.29) is 12.4 Å². The average molecular weight is 416 g/mol. The molecule has 0 fully saturated rings. The number of hydrogen-bond donors (Lipinski definition) is 0. The molecule has 0 atom stereocenters. The van der Waals surface area contributed by atoms with Gasteiger partial charge in [-0.25, -0.2) is 0 Å². The topological polar surface area (TPSA) is 0 Å². The summed E-state index contributed by atoms with van der Waals surface area (Å²) in [4.78, 5) is 0. The van der Waals surface area contributed by atoms with E-state index in [1.54, 1.807) is 0 Å². The van der Waals surface area contributed by atoms with Crippen LogP contribution in [0.25, 0.3) is 6.08 Å². The van der Waals surface area contributed by atoms with Crippen LogP contribution in [0, 0.1) is 0 Å². The molecule has 0 radical (unpaired) electrons. The van der Waals surface area contributed by atoms with Gasteiger partial charge >= 0.3 is 0 Å². The average Bonchev–Trinajstić information content (AvgIpc) is 2.80. The summed E-state index contributed by atoms with van der Waals surface area (Å²) in [6.45, 7) is 3.88. The van der Waals surface area contributed by atoms with Crippen LogP contribution >= 0.6 is 19.7 Å². The third-order valence-electron chi connectivity index (χ3n) is 5.23. The maximum absolute atomic E-state index is 3.88. The van der Waals surface area contributed by atoms with Crippen molar-refractivity contribution in [3.8, 4) is 0 Å². The standard InChI is InChI=1S/C27H24P.ClH/c1-2-23-18-20-24(21-19-23)22-28(25-12-6-3-7-13-25,26-14-8-4-9-15-26)27-16-10-5-11-17-27;/h2-21H,1,22H2;1H/q+1;. The van der Waals surface area contributed by atoms with Crippen LogP contribution in [0.2, 0.25) is 0 Å². The molecule has 2 heteroatoms. The van der Waals surface area contributed by atoms with E-state index in [2.05, 4.69) is 122 Å². The predicted octanol–water partition coefficient (Wildman–Crippen LogP) is 6.25. The minimum atomic E-state index is -1.82. The van der Waals surface area contributed by atoms with Gasteiger partial charge in [0, 0.05) is 0 Å². The third kappa shape index (κ3) is 4.35. The SMILES string of the molecule is C=Cc1ccc(C[P+](c2ccccc2)(c2ccccc2)c2ccccc2)cc1.Cl. The Kier molecular flexibility index (Phi) is 7.04. The normalized spacial score (nSPS) is 10.8. The molecule has 4 aromatic rings. The third-order valence-corrected chi connectivity index (χ3v) is 9.60. The summed E-state index contributed by atoms with van der Waals surface area (Å²) >= 11 is 0. The first-order valence-corrected chi connectivity index (χ1v) is 11.6. The Hall–Kier alpha value is -2.66. The Bertz CT molecular complexity index is 929. The van der Waals surface area contributed by atoms with E-state index >= 15 is 0 Å². The predicted molar refractivity (Wildman–Crippen MR) is 133 cm³/mol. The lowest BCUT2D eigenvalue weighted by Gasteiger charge is -2.27. The molecule has 0 amide bonds. The van der Waals surface area contributed by atoms with E-state index in [1.807, 2.05) is 6.08 Å². The molecular weight excluding hydrogens is 391 g/mol. The maximum Gasteiger partial charge on any atom is 0.116 e. The van der Waals surface area contributed by atoms with Gasteiger partial charge in [0.1, 0.15) is 23.2 Å². The van der Waals surface area contributed by atoms with Crippen molar-refractivity contribution < 1.29 is 0 Å². The van der Waals surface area contributed by atoms with E-state index in [4.69, 9.17) is 0 Å². The molecule has 29 heavy (non-hydrogen) atoms. The summed E-state index contributed by atoms with van der Waals surface area (Å²) in [5.74, 6) is 0. The Balaban J connectivity index is 0.00000240. The monoisotopic (exact) mass is 415 g/mol. The molecule has 0 unspecified atom stereocenters. The summed E-state index contributed by atoms with van der Waals surface area (Å²) in [5, 5.41) is 4.25. The Morgan fingerprint density at radius 2 is 0.931 bits per heavy atom. The van der Waals surface area contributed by atoms with E-state index in [0.29, 0.717) is 0 Å². The fourth-order valence-electron chi connectivity index (χ4n) is 3.80. The second-order valence-corrected chi connectivity index (χ2v) is 10.4. The summed E-state index contributed by atoms with van der Waals surface area (Å²) in [6, 6.07) is 41.9. The number of halogens is 1. The minimum Gasteiger partial charge on any atom is -0.147 e. The largest absolute Gasteiger partial charge is 0.147 e. The highest BCUT2D eigenvalue weighted by Gasteiger charge is 2.45. The molecule has 0 nitrogen and oxygen atoms in total. The van der Waals surface area contributed by atoms with Crippen molar-refractivity contribution in [2.45, 2.75) is 6.16 Å². The van der Waals surface area contributed by atoms with Gasteiger partial charge in [0.2, 0.25) is 0 Å². The van der Waals surface area contributed by atoms with Crippen molar-refractivity contribution in [2.75, 3.05) is 0 Å². The van der Waals surface area contributed by atoms with Gasteiger partial charge in [0.25, 0.3) is 0 Å². The Morgan fingerprint density at radius 3 is 1.28 bits per heavy atom. The molecule has 0 aliphatic rings. The van der Waals surface area contributed by atoms with Crippen LogP contribution in [0.15, 0.2) is 122 Å². The lowest BCUT2D eigenvalue weighted by Crippen LogP contribution is -2.32. The zero-order valence-electron chi connectivity index (χ0n) is 16.3. The quantitative estimate of drug-likeness (QED) is 0.327. The van der Waals surface area contributed by atoms with E-state index in [1.165, 1.54) is 21.5 Å². The van der Waals surface area contributed by atoms with Gasteiger partial charge in [-0.3, -0.25) is 0 Å². The van der Waals surface area contributed by atoms with Crippen molar-refractivity contribution in [1.29, 1.82) is 0 Å². The van der Waals surface area contributed by atoms with Crippen LogP contribution < -0.4 is 15.9 Å². The highest BCUT2D eigenvalue weighted by molar-refractivity contribution is 7.95. The molecular formula is C27H25ClP+. The van der Waals surface area contributed by atoms with Crippen LogP contribution in [-0.2, 0) is 6.16 Å². The molecule has 144 valence electrons. The molecule has 0 aromatic heterocycles. The van der Waals surface area contributed by atoms with Crippen LogP contribution in [-0.4, -0.2) is 0 Å². The van der Waals surface area contributed by atoms with Gasteiger partial charge in [-0.05, 0) is 47.5 Å². The molecule has 4 rings (SSSR count). The molecule has 0 bridgehead atoms. The van der Waals surface area contributed by atoms with Crippen molar-refractivity contribution >= 4 is 41.7 Å². The highest BCUT2D eigenvalue weighted by atomic mass is 35.5. The summed E-state index contributed by atoms with van der Waals surface area (Å²) in [5.41, 5.74) is 2.52. The molecule has 4 aromatic carbocycles. The second kappa shape index (κ2) is 9.70. The fraction of sp³-hybridized carbons (Fsp3) is 0.0370. The molecule has 0 saturated heterocycles. The molecule has 0 spiro atoms. The summed E-state index contributed by atoms with van der Waals surface area (Å²) < 4.78 is 0. The van der Waals surface area contributed by atoms with Crippen LogP contribution in [0.1, 0.15) is 11.1 Å². The Morgan fingerprint density at radius 1 is 0.552 bits per heavy atom. The number of hydrogen-bond acceptors (Lipinski definition) is 0. The molecule has 0 aliphatic carbocycles. The smallest absolute Gasteiger partial charge is 0.116 e. The van der Waals surface area contributed by atoms with Gasteiger partial charge in [-0.15, -0.1) is 12.4 Å². The zero-order chi connectivity index (χ0) is 19.2. The van der Waals surface area contributed by atoms with E-state index in [0.717, 1.165) is 11.7 Å². The molecule has 0 saturated carbocycles. The number of benzene rings is 4. The van der Waals surface area contributed by atoms with Crippen LogP contribution in [0.5, 0.6) is 0 Å². The van der Waals surface area contributed by atoms with Crippen molar-refractivity contribution in [2.24, 2.45) is 0 Å². The van der Waals surface area contributed by atoms with Gasteiger partial charge in [0.05, 0.1) is 6.16 Å². The summed E-state index contributed by atoms with van der Waals surface area (Å²) in [6.07, 6.45) is 2.90. The first kappa shape index (κ1) is 21.1. The van der Waals surface area contributed by atoms with Gasteiger partial charge in [0.15, 0.2) is 0 Å². The van der Waals surface area contributed by atoms with Crippen molar-refractivity contribution in [1.82, 2.24) is 0 Å². The zero-order valence-corrected chi connectivity index (χ0v) is 18.0. The highest BCUT2D eigenvalue weighted by Crippen LogP contribution is 2.58. The van der Waals surface area contributed by atoms with E-state index < -0.39 is 7.26 Å². The minimum absolute atomic E-state index is 0. The molecule has 0 heterocycles. The van der Waals surface area contributed by atoms with Crippen molar-refractivity contribution in [3.05, 3.63) is 133 Å². The van der Waals surface area contributed by atoms with Crippen LogP contribution in [0.4, 0.5) is 0 Å². The first-order chi connectivity index (χ1) is 13.8.